The molecule has 0 saturated carbocycles. The van der Waals surface area contributed by atoms with Gasteiger partial charge in [0, 0.05) is 5.38 Å². The third-order valence-corrected chi connectivity index (χ3v) is 4.54. The number of hydrogen-bond acceptors (Lipinski definition) is 6. The van der Waals surface area contributed by atoms with Crippen LogP contribution in [0.3, 0.4) is 0 Å². The lowest BCUT2D eigenvalue weighted by Crippen LogP contribution is -2.22. The van der Waals surface area contributed by atoms with Gasteiger partial charge in [-0.05, 0) is 36.5 Å². The van der Waals surface area contributed by atoms with Gasteiger partial charge in [0.2, 0.25) is 0 Å². The highest BCUT2D eigenvalue weighted by Gasteiger charge is 2.20. The van der Waals surface area contributed by atoms with E-state index >= 15 is 0 Å². The summed E-state index contributed by atoms with van der Waals surface area (Å²) >= 11 is 1.26. The molecule has 7 heteroatoms. The van der Waals surface area contributed by atoms with E-state index in [1.54, 1.807) is 12.3 Å². The van der Waals surface area contributed by atoms with Crippen molar-refractivity contribution >= 4 is 28.3 Å². The van der Waals surface area contributed by atoms with Crippen molar-refractivity contribution in [3.63, 3.8) is 0 Å². The Morgan fingerprint density at radius 3 is 2.67 bits per heavy atom. The lowest BCUT2D eigenvalue weighted by atomic mass is 9.86. The standard InChI is InChI=1S/C20H26N2O4S/c1-6-25-18(24)10-14-12-27-19(21-14)22-17(23)11-26-16-9-13(2)7-8-15(16)20(3,4)5/h7-9,12H,6,10-11H2,1-5H3,(H,21,22,23). The van der Waals surface area contributed by atoms with E-state index in [0.717, 1.165) is 11.1 Å². The molecule has 146 valence electrons. The average molecular weight is 391 g/mol. The molecule has 1 aromatic heterocycles. The van der Waals surface area contributed by atoms with Gasteiger partial charge in [-0.3, -0.25) is 14.9 Å². The summed E-state index contributed by atoms with van der Waals surface area (Å²) in [6, 6.07) is 6.01. The minimum Gasteiger partial charge on any atom is -0.483 e. The molecule has 27 heavy (non-hydrogen) atoms. The lowest BCUT2D eigenvalue weighted by molar-refractivity contribution is -0.142. The Labute approximate surface area is 163 Å². The quantitative estimate of drug-likeness (QED) is 0.726. The summed E-state index contributed by atoms with van der Waals surface area (Å²) in [6.45, 7) is 10.3. The van der Waals surface area contributed by atoms with Crippen molar-refractivity contribution in [3.05, 3.63) is 40.4 Å². The van der Waals surface area contributed by atoms with Crippen LogP contribution >= 0.6 is 11.3 Å². The molecule has 0 aliphatic heterocycles. The number of carbonyl (C=O) groups excluding carboxylic acids is 2. The number of carbonyl (C=O) groups is 2. The van der Waals surface area contributed by atoms with Crippen molar-refractivity contribution < 1.29 is 19.1 Å². The van der Waals surface area contributed by atoms with Gasteiger partial charge in [-0.2, -0.15) is 0 Å². The molecule has 1 amide bonds. The zero-order valence-electron chi connectivity index (χ0n) is 16.4. The van der Waals surface area contributed by atoms with E-state index in [4.69, 9.17) is 9.47 Å². The van der Waals surface area contributed by atoms with Gasteiger partial charge in [0.15, 0.2) is 11.7 Å². The van der Waals surface area contributed by atoms with Gasteiger partial charge < -0.3 is 9.47 Å². The molecule has 0 aliphatic rings. The Morgan fingerprint density at radius 1 is 1.26 bits per heavy atom. The molecule has 2 aromatic rings. The van der Waals surface area contributed by atoms with Crippen LogP contribution in [0.5, 0.6) is 5.75 Å². The Kier molecular flexibility index (Phi) is 6.96. The number of anilines is 1. The van der Waals surface area contributed by atoms with Crippen molar-refractivity contribution in [3.8, 4) is 5.75 Å². The minimum absolute atomic E-state index is 0.0865. The van der Waals surface area contributed by atoms with Gasteiger partial charge in [0.25, 0.3) is 5.91 Å². The van der Waals surface area contributed by atoms with E-state index in [2.05, 4.69) is 31.1 Å². The Balaban J connectivity index is 1.95. The molecule has 1 N–H and O–H groups in total. The predicted molar refractivity (Wildman–Crippen MR) is 106 cm³/mol. The molecule has 0 atom stereocenters. The number of hydrogen-bond donors (Lipinski definition) is 1. The van der Waals surface area contributed by atoms with E-state index < -0.39 is 0 Å². The molecule has 2 rings (SSSR count). The van der Waals surface area contributed by atoms with Crippen molar-refractivity contribution in [2.75, 3.05) is 18.5 Å². The largest absolute Gasteiger partial charge is 0.483 e. The number of ether oxygens (including phenoxy) is 2. The molecule has 0 fully saturated rings. The SMILES string of the molecule is CCOC(=O)Cc1csc(NC(=O)COc2cc(C)ccc2C(C)(C)C)n1. The van der Waals surface area contributed by atoms with Crippen LogP contribution in [-0.2, 0) is 26.2 Å². The fourth-order valence-electron chi connectivity index (χ4n) is 2.47. The molecule has 0 aliphatic carbocycles. The van der Waals surface area contributed by atoms with E-state index in [1.807, 2.05) is 25.1 Å². The van der Waals surface area contributed by atoms with Crippen LogP contribution in [0.25, 0.3) is 0 Å². The summed E-state index contributed by atoms with van der Waals surface area (Å²) < 4.78 is 10.7. The summed E-state index contributed by atoms with van der Waals surface area (Å²) in [5.74, 6) is 0.0753. The first-order chi connectivity index (χ1) is 12.7. The molecule has 0 unspecified atom stereocenters. The molecule has 1 aromatic carbocycles. The first-order valence-electron chi connectivity index (χ1n) is 8.83. The zero-order valence-corrected chi connectivity index (χ0v) is 17.2. The van der Waals surface area contributed by atoms with Gasteiger partial charge in [0.1, 0.15) is 5.75 Å². The van der Waals surface area contributed by atoms with E-state index in [0.29, 0.717) is 23.2 Å². The topological polar surface area (TPSA) is 77.5 Å². The van der Waals surface area contributed by atoms with E-state index in [1.165, 1.54) is 11.3 Å². The normalized spacial score (nSPS) is 11.1. The third-order valence-electron chi connectivity index (χ3n) is 3.73. The molecular weight excluding hydrogens is 364 g/mol. The molecular formula is C20H26N2O4S. The smallest absolute Gasteiger partial charge is 0.311 e. The molecule has 0 spiro atoms. The highest BCUT2D eigenvalue weighted by molar-refractivity contribution is 7.13. The monoisotopic (exact) mass is 390 g/mol. The highest BCUT2D eigenvalue weighted by Crippen LogP contribution is 2.32. The Bertz CT molecular complexity index is 809. The van der Waals surface area contributed by atoms with Crippen LogP contribution < -0.4 is 10.1 Å². The van der Waals surface area contributed by atoms with Crippen molar-refractivity contribution in [2.24, 2.45) is 0 Å². The first kappa shape index (κ1) is 20.9. The zero-order chi connectivity index (χ0) is 20.0. The van der Waals surface area contributed by atoms with Crippen LogP contribution in [0.1, 0.15) is 44.5 Å². The Hall–Kier alpha value is -2.41. The van der Waals surface area contributed by atoms with Crippen LogP contribution in [0, 0.1) is 6.92 Å². The second kappa shape index (κ2) is 8.99. The van der Waals surface area contributed by atoms with Gasteiger partial charge in [-0.1, -0.05) is 32.9 Å². The van der Waals surface area contributed by atoms with Crippen molar-refractivity contribution in [1.82, 2.24) is 4.98 Å². The number of aromatic nitrogens is 1. The lowest BCUT2D eigenvalue weighted by Gasteiger charge is -2.23. The number of benzene rings is 1. The number of aryl methyl sites for hydroxylation is 1. The van der Waals surface area contributed by atoms with Crippen LogP contribution in [0.4, 0.5) is 5.13 Å². The Morgan fingerprint density at radius 2 is 2.00 bits per heavy atom. The van der Waals surface area contributed by atoms with Gasteiger partial charge in [-0.15, -0.1) is 11.3 Å². The van der Waals surface area contributed by atoms with Gasteiger partial charge in [-0.25, -0.2) is 4.98 Å². The fraction of sp³-hybridized carbons (Fsp3) is 0.450. The maximum Gasteiger partial charge on any atom is 0.311 e. The second-order valence-corrected chi connectivity index (χ2v) is 8.07. The summed E-state index contributed by atoms with van der Waals surface area (Å²) in [7, 11) is 0. The average Bonchev–Trinajstić information content (AvgIpc) is 2.98. The summed E-state index contributed by atoms with van der Waals surface area (Å²) in [5.41, 5.74) is 2.61. The molecule has 0 radical (unpaired) electrons. The number of amides is 1. The molecule has 1 heterocycles. The van der Waals surface area contributed by atoms with Gasteiger partial charge >= 0.3 is 5.97 Å². The number of thiazole rings is 1. The van der Waals surface area contributed by atoms with E-state index in [-0.39, 0.29) is 30.3 Å². The molecule has 0 saturated heterocycles. The fourth-order valence-corrected chi connectivity index (χ4v) is 3.20. The highest BCUT2D eigenvalue weighted by atomic mass is 32.1. The molecule has 0 bridgehead atoms. The molecule has 6 nitrogen and oxygen atoms in total. The third kappa shape index (κ3) is 6.36. The predicted octanol–water partition coefficient (Wildman–Crippen LogP) is 3.87. The van der Waals surface area contributed by atoms with Crippen molar-refractivity contribution in [1.29, 1.82) is 0 Å². The number of rotatable bonds is 7. The van der Waals surface area contributed by atoms with Gasteiger partial charge in [0.05, 0.1) is 18.7 Å². The summed E-state index contributed by atoms with van der Waals surface area (Å²) in [4.78, 5) is 27.9. The second-order valence-electron chi connectivity index (χ2n) is 7.21. The van der Waals surface area contributed by atoms with Crippen LogP contribution in [0.15, 0.2) is 23.6 Å². The maximum absolute atomic E-state index is 12.2. The van der Waals surface area contributed by atoms with Crippen LogP contribution in [-0.4, -0.2) is 30.1 Å². The van der Waals surface area contributed by atoms with Crippen LogP contribution in [0.2, 0.25) is 0 Å². The van der Waals surface area contributed by atoms with Crippen molar-refractivity contribution in [2.45, 2.75) is 46.5 Å². The first-order valence-corrected chi connectivity index (χ1v) is 9.71. The number of nitrogens with zero attached hydrogens (tertiary/aromatic N) is 1. The number of nitrogens with one attached hydrogen (secondary N) is 1. The minimum atomic E-state index is -0.335. The maximum atomic E-state index is 12.2. The summed E-state index contributed by atoms with van der Waals surface area (Å²) in [6.07, 6.45) is 0.0922. The number of esters is 1. The van der Waals surface area contributed by atoms with E-state index in [9.17, 15) is 9.59 Å². The summed E-state index contributed by atoms with van der Waals surface area (Å²) in [5, 5.41) is 4.86.